The van der Waals surface area contributed by atoms with E-state index in [9.17, 15) is 4.39 Å². The molecule has 2 aromatic carbocycles. The minimum atomic E-state index is -1.82. The van der Waals surface area contributed by atoms with Crippen molar-refractivity contribution in [3.8, 4) is 5.69 Å². The number of amidine groups is 1. The Morgan fingerprint density at radius 3 is 2.62 bits per heavy atom. The van der Waals surface area contributed by atoms with Gasteiger partial charge in [-0.1, -0.05) is 37.8 Å². The lowest BCUT2D eigenvalue weighted by molar-refractivity contribution is -0.126. The van der Waals surface area contributed by atoms with Crippen molar-refractivity contribution in [1.82, 2.24) is 25.1 Å². The van der Waals surface area contributed by atoms with Gasteiger partial charge < -0.3 is 15.1 Å². The maximum Gasteiger partial charge on any atom is 0.152 e. The number of nitrogens with one attached hydrogen (secondary N) is 1. The minimum absolute atomic E-state index is 0.0824. The summed E-state index contributed by atoms with van der Waals surface area (Å²) in [5.74, 6) is 1.70. The van der Waals surface area contributed by atoms with Gasteiger partial charge in [0.25, 0.3) is 0 Å². The number of hydrazone groups is 1. The van der Waals surface area contributed by atoms with Crippen LogP contribution >= 0.6 is 0 Å². The van der Waals surface area contributed by atoms with Crippen molar-refractivity contribution in [2.75, 3.05) is 26.3 Å². The molecule has 1 spiro atoms. The minimum Gasteiger partial charge on any atom is -0.380 e. The molecule has 2 fully saturated rings. The van der Waals surface area contributed by atoms with Gasteiger partial charge in [0.15, 0.2) is 5.84 Å². The van der Waals surface area contributed by atoms with E-state index in [2.05, 4.69) is 64.3 Å². The van der Waals surface area contributed by atoms with Crippen molar-refractivity contribution >= 4 is 25.2 Å². The molecule has 3 aliphatic heterocycles. The third-order valence-corrected chi connectivity index (χ3v) is 10.7. The van der Waals surface area contributed by atoms with Crippen LogP contribution < -0.4 is 10.6 Å². The van der Waals surface area contributed by atoms with E-state index in [1.807, 2.05) is 17.7 Å². The maximum absolute atomic E-state index is 14.8. The third-order valence-electron chi connectivity index (χ3n) is 8.73. The molecule has 1 atom stereocenters. The maximum atomic E-state index is 14.8. The first-order valence-electron chi connectivity index (χ1n) is 13.9. The van der Waals surface area contributed by atoms with E-state index >= 15 is 0 Å². The number of aryl methyl sites for hydroxylation is 1. The van der Waals surface area contributed by atoms with E-state index in [0.717, 1.165) is 67.1 Å². The molecule has 1 N–H and O–H groups in total. The number of ether oxygens (including phenoxy) is 1. The summed E-state index contributed by atoms with van der Waals surface area (Å²) < 4.78 is 22.5. The van der Waals surface area contributed by atoms with Gasteiger partial charge >= 0.3 is 0 Å². The summed E-state index contributed by atoms with van der Waals surface area (Å²) in [4.78, 5) is 6.77. The van der Waals surface area contributed by atoms with E-state index in [0.29, 0.717) is 6.54 Å². The van der Waals surface area contributed by atoms with E-state index in [-0.39, 0.29) is 17.3 Å². The van der Waals surface area contributed by atoms with Crippen LogP contribution in [0.5, 0.6) is 0 Å². The monoisotopic (exact) mass is 542 g/mol. The Balaban J connectivity index is 1.27. The summed E-state index contributed by atoms with van der Waals surface area (Å²) in [6, 6.07) is 10.2. The Kier molecular flexibility index (Phi) is 5.61. The lowest BCUT2D eigenvalue weighted by atomic mass is 9.74. The van der Waals surface area contributed by atoms with Crippen LogP contribution in [-0.2, 0) is 17.6 Å². The van der Waals surface area contributed by atoms with Gasteiger partial charge in [-0.05, 0) is 77.4 Å². The van der Waals surface area contributed by atoms with Gasteiger partial charge in [-0.2, -0.15) is 10.2 Å². The normalized spacial score (nSPS) is 22.5. The van der Waals surface area contributed by atoms with Crippen LogP contribution in [0.4, 0.5) is 4.39 Å². The first kappa shape index (κ1) is 24.7. The van der Waals surface area contributed by atoms with E-state index in [4.69, 9.17) is 9.84 Å². The fraction of sp³-hybridized carbons (Fsp3) is 0.433. The fourth-order valence-electron chi connectivity index (χ4n) is 6.54. The van der Waals surface area contributed by atoms with E-state index in [1.54, 1.807) is 12.4 Å². The summed E-state index contributed by atoms with van der Waals surface area (Å²) in [7, 11) is -1.82. The number of hydrogen-bond donors (Lipinski definition) is 1. The van der Waals surface area contributed by atoms with Crippen molar-refractivity contribution in [3.05, 3.63) is 76.1 Å². The second-order valence-electron chi connectivity index (χ2n) is 12.6. The summed E-state index contributed by atoms with van der Waals surface area (Å²) in [6.07, 6.45) is 7.21. The quantitative estimate of drug-likeness (QED) is 0.503. The van der Waals surface area contributed by atoms with Crippen molar-refractivity contribution in [3.63, 3.8) is 0 Å². The van der Waals surface area contributed by atoms with Crippen LogP contribution in [0.3, 0.4) is 0 Å². The number of hydrogen-bond acceptors (Lipinski definition) is 6. The van der Waals surface area contributed by atoms with E-state index < -0.39 is 8.07 Å². The first-order chi connectivity index (χ1) is 18.7. The fourth-order valence-corrected chi connectivity index (χ4v) is 7.94. The highest BCUT2D eigenvalue weighted by atomic mass is 28.3. The smallest absolute Gasteiger partial charge is 0.152 e. The lowest BCUT2D eigenvalue weighted by Gasteiger charge is -2.53. The number of aromatic nitrogens is 3. The average Bonchev–Trinajstić information content (AvgIpc) is 3.29. The summed E-state index contributed by atoms with van der Waals surface area (Å²) in [5.41, 5.74) is 11.0. The molecule has 0 saturated carbocycles. The van der Waals surface area contributed by atoms with Gasteiger partial charge in [0, 0.05) is 12.0 Å². The standard InChI is InChI=1S/C30H35FN6OSi/c1-19-32-18-37(35-19)26-10-6-20(23-7-8-24(23)26)11-22-13-30(16-38-17-30)15-36-27(14-33-34-29(22)36)21-5-9-25(31)28(12-21)39(2,3)4/h5-6,9-12,18,27,33H,7-8,13-17H2,1-4H3/b22-11+. The van der Waals surface area contributed by atoms with E-state index in [1.165, 1.54) is 22.3 Å². The van der Waals surface area contributed by atoms with Gasteiger partial charge in [0.1, 0.15) is 18.0 Å². The number of rotatable bonds is 4. The molecule has 4 heterocycles. The Morgan fingerprint density at radius 2 is 1.95 bits per heavy atom. The van der Waals surface area contributed by atoms with Crippen LogP contribution in [0.1, 0.15) is 40.5 Å². The van der Waals surface area contributed by atoms with Crippen LogP contribution in [0.25, 0.3) is 11.8 Å². The molecule has 7 rings (SSSR count). The molecule has 9 heteroatoms. The molecule has 202 valence electrons. The van der Waals surface area contributed by atoms with Gasteiger partial charge in [-0.3, -0.25) is 0 Å². The Bertz CT molecular complexity index is 1530. The topological polar surface area (TPSA) is 67.6 Å². The molecule has 1 aliphatic carbocycles. The average molecular weight is 543 g/mol. The summed E-state index contributed by atoms with van der Waals surface area (Å²) in [5, 5.41) is 10.3. The molecule has 2 saturated heterocycles. The van der Waals surface area contributed by atoms with Crippen LogP contribution in [0.2, 0.25) is 19.6 Å². The molecule has 7 nitrogen and oxygen atoms in total. The SMILES string of the molecule is Cc1ncn(-c2ccc(/C=C3\CC4(COC4)CN4C3=NNCC4c3ccc(F)c([Si](C)(C)C)c3)c3c2CC3)n1. The largest absolute Gasteiger partial charge is 0.380 e. The highest BCUT2D eigenvalue weighted by molar-refractivity contribution is 6.88. The van der Waals surface area contributed by atoms with Crippen molar-refractivity contribution in [2.24, 2.45) is 10.5 Å². The van der Waals surface area contributed by atoms with Crippen molar-refractivity contribution < 1.29 is 9.13 Å². The molecule has 1 unspecified atom stereocenters. The molecule has 1 aromatic heterocycles. The molecular weight excluding hydrogens is 507 g/mol. The number of nitrogens with zero attached hydrogens (tertiary/aromatic N) is 5. The predicted octanol–water partition coefficient (Wildman–Crippen LogP) is 4.12. The van der Waals surface area contributed by atoms with Gasteiger partial charge in [0.2, 0.25) is 0 Å². The highest BCUT2D eigenvalue weighted by Crippen LogP contribution is 2.45. The number of fused-ring (bicyclic) bond motifs is 2. The molecule has 3 aromatic rings. The lowest BCUT2D eigenvalue weighted by Crippen LogP contribution is -2.60. The van der Waals surface area contributed by atoms with Gasteiger partial charge in [0.05, 0.1) is 39.6 Å². The predicted molar refractivity (Wildman–Crippen MR) is 154 cm³/mol. The van der Waals surface area contributed by atoms with Crippen molar-refractivity contribution in [1.29, 1.82) is 0 Å². The van der Waals surface area contributed by atoms with Crippen LogP contribution in [0, 0.1) is 18.2 Å². The molecule has 0 radical (unpaired) electrons. The number of piperidine rings is 1. The highest BCUT2D eigenvalue weighted by Gasteiger charge is 2.48. The molecular formula is C30H35FN6OSi. The number of benzene rings is 2. The number of halogens is 1. The van der Waals surface area contributed by atoms with Gasteiger partial charge in [-0.15, -0.1) is 0 Å². The zero-order chi connectivity index (χ0) is 26.9. The van der Waals surface area contributed by atoms with Crippen molar-refractivity contribution in [2.45, 2.75) is 51.9 Å². The molecule has 4 aliphatic rings. The van der Waals surface area contributed by atoms with Crippen LogP contribution in [0.15, 0.2) is 47.3 Å². The summed E-state index contributed by atoms with van der Waals surface area (Å²) in [6.45, 7) is 11.7. The molecule has 0 amide bonds. The van der Waals surface area contributed by atoms with Crippen LogP contribution in [-0.4, -0.2) is 59.9 Å². The zero-order valence-corrected chi connectivity index (χ0v) is 24.1. The Morgan fingerprint density at radius 1 is 1.13 bits per heavy atom. The van der Waals surface area contributed by atoms with Gasteiger partial charge in [-0.25, -0.2) is 14.1 Å². The third kappa shape index (κ3) is 4.14. The Labute approximate surface area is 229 Å². The second-order valence-corrected chi connectivity index (χ2v) is 17.7. The second kappa shape index (κ2) is 8.86. The summed E-state index contributed by atoms with van der Waals surface area (Å²) >= 11 is 0. The molecule has 0 bridgehead atoms. The zero-order valence-electron chi connectivity index (χ0n) is 23.1. The first-order valence-corrected chi connectivity index (χ1v) is 17.4. The molecule has 39 heavy (non-hydrogen) atoms. The Hall–Kier alpha value is -3.30.